The zero-order valence-corrected chi connectivity index (χ0v) is 42.6. The number of nitrogens with two attached hydrogens (primary N) is 1. The van der Waals surface area contributed by atoms with Crippen molar-refractivity contribution in [3.63, 3.8) is 0 Å². The fraction of sp³-hybridized carbons (Fsp3) is 0.412. The van der Waals surface area contributed by atoms with E-state index in [0.717, 1.165) is 48.5 Å². The maximum Gasteiger partial charge on any atom is 0.418 e. The molecule has 2 fully saturated rings. The number of aliphatic carboxylic acids is 1. The number of esters is 1. The predicted octanol–water partition coefficient (Wildman–Crippen LogP) is 1.50. The summed E-state index contributed by atoms with van der Waals surface area (Å²) in [5, 5.41) is 27.8. The number of hydrogen-bond acceptors (Lipinski definition) is 15. The van der Waals surface area contributed by atoms with Crippen LogP contribution in [0, 0.1) is 17.6 Å². The summed E-state index contributed by atoms with van der Waals surface area (Å²) in [5.41, 5.74) is 7.17. The van der Waals surface area contributed by atoms with Crippen molar-refractivity contribution in [2.24, 2.45) is 11.7 Å². The molecule has 5 heterocycles. The number of aliphatic hydroxyl groups is 1. The second-order valence-electron chi connectivity index (χ2n) is 18.5. The average Bonchev–Trinajstić information content (AvgIpc) is 4.14. The highest BCUT2D eigenvalue weighted by atomic mass is 35.5. The van der Waals surface area contributed by atoms with Crippen LogP contribution in [0.15, 0.2) is 109 Å². The van der Waals surface area contributed by atoms with Crippen LogP contribution in [0.1, 0.15) is 63.4 Å². The number of carbonyl (C=O) groups is 3. The van der Waals surface area contributed by atoms with Crippen molar-refractivity contribution in [2.75, 3.05) is 61.1 Å². The van der Waals surface area contributed by atoms with Gasteiger partial charge in [0, 0.05) is 85.9 Å². The Balaban J connectivity index is 0.00000820. The Bertz CT molecular complexity index is 2970. The van der Waals surface area contributed by atoms with Crippen LogP contribution in [0.2, 0.25) is 0 Å². The second-order valence-corrected chi connectivity index (χ2v) is 18.5. The van der Waals surface area contributed by atoms with Gasteiger partial charge in [0.25, 0.3) is 6.33 Å². The van der Waals surface area contributed by atoms with Gasteiger partial charge in [-0.15, -0.1) is 4.68 Å². The number of hydrogen-bond donors (Lipinski definition) is 3. The summed E-state index contributed by atoms with van der Waals surface area (Å²) in [7, 11) is 1.42. The first-order valence-electron chi connectivity index (χ1n) is 24.2. The van der Waals surface area contributed by atoms with Crippen LogP contribution in [0.5, 0.6) is 5.75 Å². The monoisotopic (exact) mass is 1060 g/mol. The average molecular weight is 1060 g/mol. The number of rotatable bonds is 20. The van der Waals surface area contributed by atoms with Gasteiger partial charge in [-0.05, 0) is 80.4 Å². The van der Waals surface area contributed by atoms with Crippen LogP contribution >= 0.6 is 0 Å². The second kappa shape index (κ2) is 24.3. The number of pyridine rings is 1. The van der Waals surface area contributed by atoms with Gasteiger partial charge in [-0.25, -0.2) is 32.6 Å². The molecule has 2 saturated heterocycles. The summed E-state index contributed by atoms with van der Waals surface area (Å²) in [6.45, 7) is 8.53. The number of piperazine rings is 1. The van der Waals surface area contributed by atoms with Gasteiger partial charge in [0.2, 0.25) is 12.6 Å². The van der Waals surface area contributed by atoms with Crippen LogP contribution in [-0.4, -0.2) is 116 Å². The van der Waals surface area contributed by atoms with Gasteiger partial charge in [0.15, 0.2) is 0 Å². The first-order chi connectivity index (χ1) is 35.5. The van der Waals surface area contributed by atoms with Crippen molar-refractivity contribution in [1.82, 2.24) is 29.1 Å². The SMILES string of the molecule is CC[C@@H]([C@H](C)O)n1ncn(-c2ccc(N3CCN(c4ccc(OC[C@@H]5CO[C@@](Cn6c[n+](C(C)OC(=O)N(C)c7ncccc7COC(=O)C[C@H](N)C(=O)O)cn6)(c6ccc(F)cc6F)C5)cc4)CC3)cc2)c1=O.[Cl-]. The summed E-state index contributed by atoms with van der Waals surface area (Å²) < 4.78 is 59.3. The number of ether oxygens (including phenoxy) is 4. The first kappa shape index (κ1) is 55.3. The van der Waals surface area contributed by atoms with Gasteiger partial charge in [0.1, 0.15) is 54.3 Å². The van der Waals surface area contributed by atoms with Gasteiger partial charge >= 0.3 is 23.7 Å². The molecule has 4 N–H and O–H groups in total. The fourth-order valence-corrected chi connectivity index (χ4v) is 9.24. The van der Waals surface area contributed by atoms with E-state index in [2.05, 4.69) is 25.0 Å². The Labute approximate surface area is 437 Å². The standard InChI is InChI=1S/C51H59F2N11O10.ClH/c1-5-45(33(2)65)64-49(69)63(31-57-64)40-11-9-38(10-12-40)59-19-21-60(22-20-59)39-13-15-41(16-14-39)71-26-35-25-51(73-27-35,42-17-8-37(52)23-43(42)53)29-62-32-61(30-56-62)34(3)74-50(70)58(4)47-36(7-6-18-55-47)28-72-46(66)24-44(54)48(67)68;/h6-18,23,30-35,44-45,65H,5,19-22,24-29,54H2,1-4H3;1H/t33-,34?,35+,44-,45-,51-;/m0./s1. The maximum absolute atomic E-state index is 15.6. The molecule has 3 aromatic heterocycles. The number of anilines is 3. The van der Waals surface area contributed by atoms with Crippen molar-refractivity contribution in [2.45, 2.75) is 83.2 Å². The molecule has 0 saturated carbocycles. The van der Waals surface area contributed by atoms with Gasteiger partial charge in [-0.1, -0.05) is 19.1 Å². The molecule has 3 aromatic carbocycles. The normalized spacial score (nSPS) is 18.1. The van der Waals surface area contributed by atoms with E-state index in [0.29, 0.717) is 29.8 Å². The van der Waals surface area contributed by atoms with Crippen molar-refractivity contribution < 1.29 is 69.3 Å². The van der Waals surface area contributed by atoms with E-state index in [9.17, 15) is 28.7 Å². The highest BCUT2D eigenvalue weighted by molar-refractivity contribution is 5.86. The summed E-state index contributed by atoms with van der Waals surface area (Å²) in [6, 6.07) is 20.4. The van der Waals surface area contributed by atoms with Crippen molar-refractivity contribution in [3.8, 4) is 11.4 Å². The lowest BCUT2D eigenvalue weighted by molar-refractivity contribution is -0.753. The summed E-state index contributed by atoms with van der Waals surface area (Å²) in [4.78, 5) is 59.6. The topological polar surface area (TPSA) is 239 Å². The molecule has 24 heteroatoms. The zero-order chi connectivity index (χ0) is 52.7. The third kappa shape index (κ3) is 12.9. The molecule has 21 nitrogen and oxygen atoms in total. The Hall–Kier alpha value is -7.47. The molecular weight excluding hydrogens is 1000 g/mol. The Kier molecular flexibility index (Phi) is 17.9. The summed E-state index contributed by atoms with van der Waals surface area (Å²) in [6.07, 6.45) is 3.87. The summed E-state index contributed by atoms with van der Waals surface area (Å²) in [5.74, 6) is -3.07. The van der Waals surface area contributed by atoms with Gasteiger partial charge in [-0.3, -0.25) is 14.5 Å². The number of amides is 1. The van der Waals surface area contributed by atoms with Crippen LogP contribution in [0.25, 0.3) is 5.69 Å². The predicted molar refractivity (Wildman–Crippen MR) is 264 cm³/mol. The lowest BCUT2D eigenvalue weighted by Crippen LogP contribution is -3.00. The number of carbonyl (C=O) groups excluding carboxylic acids is 2. The van der Waals surface area contributed by atoms with Crippen molar-refractivity contribution >= 4 is 35.2 Å². The smallest absolute Gasteiger partial charge is 0.418 e. The lowest BCUT2D eigenvalue weighted by Gasteiger charge is -2.37. The molecule has 6 aromatic rings. The van der Waals surface area contributed by atoms with Gasteiger partial charge in [0.05, 0.1) is 37.5 Å². The van der Waals surface area contributed by atoms with E-state index < -0.39 is 66.1 Å². The third-order valence-electron chi connectivity index (χ3n) is 13.3. The fourth-order valence-electron chi connectivity index (χ4n) is 9.24. The molecule has 6 atom stereocenters. The zero-order valence-electron chi connectivity index (χ0n) is 41.8. The number of carboxylic acid groups (broad SMARTS) is 1. The third-order valence-corrected chi connectivity index (χ3v) is 13.3. The van der Waals surface area contributed by atoms with E-state index in [1.165, 1.54) is 56.5 Å². The van der Waals surface area contributed by atoms with E-state index in [1.54, 1.807) is 32.3 Å². The number of aliphatic hydroxyl groups excluding tert-OH is 1. The number of aromatic nitrogens is 7. The number of benzene rings is 3. The van der Waals surface area contributed by atoms with E-state index in [1.807, 2.05) is 55.5 Å². The molecule has 0 bridgehead atoms. The van der Waals surface area contributed by atoms with Crippen molar-refractivity contribution in [1.29, 1.82) is 0 Å². The quantitative estimate of drug-likeness (QED) is 0.0726. The number of nitrogens with zero attached hydrogens (tertiary/aromatic N) is 10. The van der Waals surface area contributed by atoms with E-state index in [4.69, 9.17) is 29.8 Å². The Morgan fingerprint density at radius 1 is 0.973 bits per heavy atom. The Morgan fingerprint density at radius 3 is 2.28 bits per heavy atom. The van der Waals surface area contributed by atoms with Gasteiger partial charge < -0.3 is 57.1 Å². The van der Waals surface area contributed by atoms with Crippen molar-refractivity contribution in [3.05, 3.63) is 137 Å². The molecular formula is C51H60ClF2N11O10. The van der Waals surface area contributed by atoms with E-state index >= 15 is 4.39 Å². The Morgan fingerprint density at radius 2 is 1.64 bits per heavy atom. The lowest BCUT2D eigenvalue weighted by atomic mass is 9.87. The van der Waals surface area contributed by atoms with E-state index in [-0.39, 0.29) is 61.8 Å². The molecule has 0 spiro atoms. The molecule has 2 aliphatic rings. The minimum absolute atomic E-state index is 0. The van der Waals surface area contributed by atoms with Crippen LogP contribution in [-0.2, 0) is 42.6 Å². The minimum Gasteiger partial charge on any atom is -1.00 e. The molecule has 0 radical (unpaired) electrons. The van der Waals surface area contributed by atoms with Crippen LogP contribution in [0.4, 0.5) is 30.8 Å². The van der Waals surface area contributed by atoms with Gasteiger partial charge in [-0.2, -0.15) is 9.67 Å². The number of carboxylic acids is 1. The molecule has 0 aliphatic carbocycles. The molecule has 75 heavy (non-hydrogen) atoms. The van der Waals surface area contributed by atoms with Crippen LogP contribution < -0.4 is 47.8 Å². The molecule has 8 rings (SSSR count). The highest BCUT2D eigenvalue weighted by Crippen LogP contribution is 2.42. The highest BCUT2D eigenvalue weighted by Gasteiger charge is 2.46. The van der Waals surface area contributed by atoms with Crippen LogP contribution in [0.3, 0.4) is 0 Å². The number of halogens is 3. The maximum atomic E-state index is 15.6. The summed E-state index contributed by atoms with van der Waals surface area (Å²) >= 11 is 0. The molecule has 400 valence electrons. The first-order valence-corrected chi connectivity index (χ1v) is 24.2. The molecule has 1 amide bonds. The molecule has 1 unspecified atom stereocenters. The minimum atomic E-state index is -1.43. The molecule has 2 aliphatic heterocycles. The largest absolute Gasteiger partial charge is 1.00 e.